The third-order valence-corrected chi connectivity index (χ3v) is 2.00. The maximum Gasteiger partial charge on any atom is 1.00 e. The summed E-state index contributed by atoms with van der Waals surface area (Å²) in [4.78, 5) is 21.4. The molecule has 8 heteroatoms. The van der Waals surface area contributed by atoms with Crippen LogP contribution in [-0.4, -0.2) is 33.2 Å². The summed E-state index contributed by atoms with van der Waals surface area (Å²) in [6, 6.07) is 0. The Morgan fingerprint density at radius 1 is 1.40 bits per heavy atom. The number of carbonyl (C=O) groups is 2. The average molecular weight is 226 g/mol. The van der Waals surface area contributed by atoms with Crippen molar-refractivity contribution in [3.63, 3.8) is 0 Å². The van der Waals surface area contributed by atoms with E-state index in [0.717, 1.165) is 0 Å². The van der Waals surface area contributed by atoms with Crippen LogP contribution in [0.4, 0.5) is 0 Å². The number of ketones is 1. The Morgan fingerprint density at radius 2 is 1.87 bits per heavy atom. The van der Waals surface area contributed by atoms with Crippen molar-refractivity contribution in [3.8, 4) is 0 Å². The van der Waals surface area contributed by atoms with E-state index in [1.54, 1.807) is 0 Å². The molecule has 0 aliphatic heterocycles. The molecule has 1 aliphatic carbocycles. The summed E-state index contributed by atoms with van der Waals surface area (Å²) in [5.41, 5.74) is -1.06. The molecule has 0 aromatic carbocycles. The van der Waals surface area contributed by atoms with Crippen LogP contribution >= 0.6 is 11.6 Å². The fraction of sp³-hybridized carbons (Fsp3) is 0.143. The van der Waals surface area contributed by atoms with Gasteiger partial charge in [-0.25, -0.2) is 0 Å². The van der Waals surface area contributed by atoms with Gasteiger partial charge >= 0.3 is 18.9 Å². The van der Waals surface area contributed by atoms with Crippen molar-refractivity contribution in [1.82, 2.24) is 0 Å². The number of allylic oxidation sites excluding steroid dienone is 1. The number of Topliss-reactive ketones (excluding diaryl/α,β-unsaturated/α-hetero) is 1. The fourth-order valence-electron chi connectivity index (χ4n) is 0.920. The van der Waals surface area contributed by atoms with Gasteiger partial charge in [-0.1, -0.05) is 11.6 Å². The minimum atomic E-state index is -2.12. The van der Waals surface area contributed by atoms with E-state index in [1.807, 2.05) is 0 Å². The molecule has 1 rings (SSSR count). The molecular formula is C7H4ClLiO6. The van der Waals surface area contributed by atoms with E-state index in [9.17, 15) is 14.7 Å². The monoisotopic (exact) mass is 226 g/mol. The van der Waals surface area contributed by atoms with Gasteiger partial charge in [-0.15, -0.1) is 0 Å². The molecule has 1 aliphatic rings. The Balaban J connectivity index is 0.00000196. The minimum absolute atomic E-state index is 0. The molecule has 76 valence electrons. The largest absolute Gasteiger partial charge is 1.00 e. The van der Waals surface area contributed by atoms with E-state index in [-0.39, 0.29) is 18.9 Å². The van der Waals surface area contributed by atoms with E-state index < -0.39 is 40.0 Å². The zero-order chi connectivity index (χ0) is 11.0. The molecule has 0 bridgehead atoms. The number of carboxylic acids is 1. The quantitative estimate of drug-likeness (QED) is 0.306. The standard InChI is InChI=1S/C7H5ClO6.Li/c8-2-1(7(13)14)3(9)5(11)6(12)4(2)10;/h5,10-12H,(H,13,14);/q;+1/p-1. The van der Waals surface area contributed by atoms with E-state index in [0.29, 0.717) is 0 Å². The van der Waals surface area contributed by atoms with E-state index >= 15 is 0 Å². The summed E-state index contributed by atoms with van der Waals surface area (Å²) in [6.45, 7) is 0. The van der Waals surface area contributed by atoms with E-state index in [4.69, 9.17) is 26.9 Å². The Labute approximate surface area is 101 Å². The van der Waals surface area contributed by atoms with Gasteiger partial charge < -0.3 is 25.2 Å². The molecule has 0 aromatic heterocycles. The van der Waals surface area contributed by atoms with Crippen LogP contribution in [0, 0.1) is 0 Å². The number of aliphatic hydroxyl groups excluding tert-OH is 3. The van der Waals surface area contributed by atoms with Gasteiger partial charge in [0, 0.05) is 0 Å². The number of hydrogen-bond donors (Lipinski definition) is 3. The van der Waals surface area contributed by atoms with Crippen LogP contribution in [0.25, 0.3) is 0 Å². The first-order chi connectivity index (χ1) is 6.37. The molecule has 0 amide bonds. The van der Waals surface area contributed by atoms with Crippen LogP contribution in [0.3, 0.4) is 0 Å². The number of rotatable bonds is 1. The summed E-state index contributed by atoms with van der Waals surface area (Å²) < 4.78 is 0. The smallest absolute Gasteiger partial charge is 0.545 e. The second-order valence-corrected chi connectivity index (χ2v) is 2.86. The van der Waals surface area contributed by atoms with Crippen LogP contribution in [0.2, 0.25) is 0 Å². The van der Waals surface area contributed by atoms with Crippen molar-refractivity contribution in [2.45, 2.75) is 6.10 Å². The molecule has 1 unspecified atom stereocenters. The normalized spacial score (nSPS) is 21.5. The van der Waals surface area contributed by atoms with E-state index in [2.05, 4.69) is 0 Å². The van der Waals surface area contributed by atoms with Gasteiger partial charge in [0.05, 0.1) is 16.6 Å². The Bertz CT molecular complexity index is 385. The van der Waals surface area contributed by atoms with Crippen molar-refractivity contribution in [1.29, 1.82) is 0 Å². The Hall–Kier alpha value is -0.933. The zero-order valence-electron chi connectivity index (χ0n) is 7.52. The fourth-order valence-corrected chi connectivity index (χ4v) is 1.19. The zero-order valence-corrected chi connectivity index (χ0v) is 8.28. The predicted octanol–water partition coefficient (Wildman–Crippen LogP) is -4.50. The number of aliphatic hydroxyl groups is 3. The second kappa shape index (κ2) is 4.73. The maximum atomic E-state index is 11.0. The maximum absolute atomic E-state index is 11.0. The van der Waals surface area contributed by atoms with Gasteiger partial charge in [0.15, 0.2) is 17.6 Å². The molecule has 0 fully saturated rings. The van der Waals surface area contributed by atoms with Gasteiger partial charge in [-0.3, -0.25) is 4.79 Å². The first kappa shape index (κ1) is 14.1. The van der Waals surface area contributed by atoms with Crippen molar-refractivity contribution in [2.24, 2.45) is 0 Å². The number of halogens is 1. The van der Waals surface area contributed by atoms with Crippen molar-refractivity contribution in [3.05, 3.63) is 22.1 Å². The van der Waals surface area contributed by atoms with E-state index in [1.165, 1.54) is 0 Å². The first-order valence-corrected chi connectivity index (χ1v) is 3.71. The first-order valence-electron chi connectivity index (χ1n) is 3.33. The molecule has 15 heavy (non-hydrogen) atoms. The summed E-state index contributed by atoms with van der Waals surface area (Å²) in [5, 5.41) is 36.4. The Morgan fingerprint density at radius 3 is 2.27 bits per heavy atom. The summed E-state index contributed by atoms with van der Waals surface area (Å²) in [7, 11) is 0. The molecule has 0 saturated carbocycles. The molecule has 0 saturated heterocycles. The molecule has 0 aromatic rings. The van der Waals surface area contributed by atoms with Crippen LogP contribution in [0.5, 0.6) is 0 Å². The topological polar surface area (TPSA) is 118 Å². The number of carboxylic acid groups (broad SMARTS) is 1. The molecule has 0 heterocycles. The SMILES string of the molecule is O=C([O-])C1=C(Cl)C(O)=C(O)C(O)C1=O.[Li+]. The minimum Gasteiger partial charge on any atom is -0.545 e. The molecule has 0 radical (unpaired) electrons. The number of aliphatic carboxylic acids is 1. The molecule has 6 nitrogen and oxygen atoms in total. The molecule has 3 N–H and O–H groups in total. The van der Waals surface area contributed by atoms with Crippen LogP contribution < -0.4 is 24.0 Å². The number of carbonyl (C=O) groups excluding carboxylic acids is 2. The van der Waals surface area contributed by atoms with Gasteiger partial charge in [0.1, 0.15) is 0 Å². The van der Waals surface area contributed by atoms with Gasteiger partial charge in [-0.05, 0) is 0 Å². The Kier molecular flexibility index (Phi) is 4.43. The molecule has 0 spiro atoms. The van der Waals surface area contributed by atoms with Crippen LogP contribution in [0.15, 0.2) is 22.1 Å². The van der Waals surface area contributed by atoms with Crippen molar-refractivity contribution in [2.75, 3.05) is 0 Å². The second-order valence-electron chi connectivity index (χ2n) is 2.48. The summed E-state index contributed by atoms with van der Waals surface area (Å²) in [5.74, 6) is -5.38. The van der Waals surface area contributed by atoms with Crippen LogP contribution in [-0.2, 0) is 9.59 Å². The molecular weight excluding hydrogens is 222 g/mol. The van der Waals surface area contributed by atoms with Gasteiger partial charge in [0.2, 0.25) is 5.78 Å². The third kappa shape index (κ3) is 2.18. The summed E-state index contributed by atoms with van der Waals surface area (Å²) in [6.07, 6.45) is -2.12. The third-order valence-electron chi connectivity index (χ3n) is 1.63. The predicted molar refractivity (Wildman–Crippen MR) is 41.2 cm³/mol. The molecule has 1 atom stereocenters. The number of hydrogen-bond acceptors (Lipinski definition) is 6. The van der Waals surface area contributed by atoms with Crippen molar-refractivity contribution < 1.29 is 48.9 Å². The summed E-state index contributed by atoms with van der Waals surface area (Å²) >= 11 is 5.24. The van der Waals surface area contributed by atoms with Gasteiger partial charge in [0.25, 0.3) is 0 Å². The van der Waals surface area contributed by atoms with Crippen LogP contribution in [0.1, 0.15) is 0 Å². The van der Waals surface area contributed by atoms with Crippen molar-refractivity contribution >= 4 is 23.4 Å². The average Bonchev–Trinajstić information content (AvgIpc) is 2.11. The van der Waals surface area contributed by atoms with Gasteiger partial charge in [-0.2, -0.15) is 0 Å².